The first-order valence-electron chi connectivity index (χ1n) is 6.80. The van der Waals surface area contributed by atoms with Gasteiger partial charge in [-0.05, 0) is 24.7 Å². The van der Waals surface area contributed by atoms with Gasteiger partial charge in [0.15, 0.2) is 0 Å². The summed E-state index contributed by atoms with van der Waals surface area (Å²) in [6.45, 7) is 6.84. The Morgan fingerprint density at radius 1 is 1.39 bits per heavy atom. The lowest BCUT2D eigenvalue weighted by atomic mass is 9.74. The topological polar surface area (TPSA) is 84.2 Å². The Hall–Kier alpha value is -0.170. The normalized spacial score (nSPS) is 29.7. The number of nitrogens with one attached hydrogen (secondary N) is 2. The van der Waals surface area contributed by atoms with E-state index in [0.29, 0.717) is 19.0 Å². The molecule has 0 aromatic carbocycles. The van der Waals surface area contributed by atoms with Gasteiger partial charge in [-0.1, -0.05) is 33.6 Å². The van der Waals surface area contributed by atoms with Crippen LogP contribution in [-0.2, 0) is 10.2 Å². The van der Waals surface area contributed by atoms with Crippen LogP contribution in [0.3, 0.4) is 0 Å². The summed E-state index contributed by atoms with van der Waals surface area (Å²) >= 11 is 0. The molecule has 1 aliphatic rings. The summed E-state index contributed by atoms with van der Waals surface area (Å²) in [7, 11) is -3.46. The molecule has 0 radical (unpaired) electrons. The zero-order chi connectivity index (χ0) is 13.8. The molecule has 1 rings (SSSR count). The molecule has 0 aliphatic heterocycles. The van der Waals surface area contributed by atoms with Crippen molar-refractivity contribution in [2.45, 2.75) is 52.0 Å². The molecule has 4 N–H and O–H groups in total. The van der Waals surface area contributed by atoms with E-state index in [2.05, 4.69) is 16.4 Å². The van der Waals surface area contributed by atoms with Crippen LogP contribution in [0.4, 0.5) is 0 Å². The minimum absolute atomic E-state index is 0.284. The van der Waals surface area contributed by atoms with Crippen molar-refractivity contribution in [2.75, 3.05) is 13.1 Å². The van der Waals surface area contributed by atoms with Crippen LogP contribution in [0.15, 0.2) is 0 Å². The highest BCUT2D eigenvalue weighted by Gasteiger charge is 2.40. The van der Waals surface area contributed by atoms with E-state index in [1.807, 2.05) is 13.8 Å². The Morgan fingerprint density at radius 2 is 2.06 bits per heavy atom. The molecule has 0 aromatic heterocycles. The maximum absolute atomic E-state index is 12.0. The van der Waals surface area contributed by atoms with Crippen molar-refractivity contribution in [3.05, 3.63) is 0 Å². The molecule has 0 spiro atoms. The number of hydrogen-bond acceptors (Lipinski definition) is 3. The van der Waals surface area contributed by atoms with Gasteiger partial charge in [-0.3, -0.25) is 0 Å². The van der Waals surface area contributed by atoms with E-state index < -0.39 is 15.7 Å². The van der Waals surface area contributed by atoms with Crippen molar-refractivity contribution >= 4 is 10.2 Å². The summed E-state index contributed by atoms with van der Waals surface area (Å²) < 4.78 is 29.5. The highest BCUT2D eigenvalue weighted by Crippen LogP contribution is 2.33. The molecule has 0 aromatic rings. The van der Waals surface area contributed by atoms with Gasteiger partial charge in [0.2, 0.25) is 0 Å². The van der Waals surface area contributed by atoms with Crippen LogP contribution in [0.1, 0.15) is 46.5 Å². The Kier molecular flexibility index (Phi) is 5.58. The Labute approximate surface area is 111 Å². The number of nitrogens with two attached hydrogens (primary N) is 1. The van der Waals surface area contributed by atoms with Gasteiger partial charge in [-0.15, -0.1) is 0 Å². The SMILES string of the molecule is CC(C)CNS(=O)(=O)NC1(CN)CCCCC1C. The molecule has 0 amide bonds. The molecule has 0 saturated heterocycles. The second-order valence-corrected chi connectivity index (χ2v) is 7.35. The fourth-order valence-electron chi connectivity index (χ4n) is 2.49. The van der Waals surface area contributed by atoms with E-state index in [9.17, 15) is 8.42 Å². The predicted octanol–water partition coefficient (Wildman–Crippen LogP) is 0.974. The van der Waals surface area contributed by atoms with E-state index in [1.165, 1.54) is 0 Å². The van der Waals surface area contributed by atoms with E-state index in [0.717, 1.165) is 25.7 Å². The number of hydrogen-bond donors (Lipinski definition) is 3. The second-order valence-electron chi connectivity index (χ2n) is 5.85. The minimum atomic E-state index is -3.46. The van der Waals surface area contributed by atoms with Crippen LogP contribution in [0.2, 0.25) is 0 Å². The molecule has 1 fully saturated rings. The molecule has 5 nitrogen and oxygen atoms in total. The molecule has 1 saturated carbocycles. The smallest absolute Gasteiger partial charge is 0.277 e. The zero-order valence-electron chi connectivity index (χ0n) is 11.7. The summed E-state index contributed by atoms with van der Waals surface area (Å²) in [5.41, 5.74) is 5.37. The van der Waals surface area contributed by atoms with Crippen LogP contribution in [0.5, 0.6) is 0 Å². The lowest BCUT2D eigenvalue weighted by molar-refractivity contribution is 0.190. The van der Waals surface area contributed by atoms with Gasteiger partial charge in [0.25, 0.3) is 10.2 Å². The van der Waals surface area contributed by atoms with Crippen molar-refractivity contribution in [1.82, 2.24) is 9.44 Å². The summed E-state index contributed by atoms with van der Waals surface area (Å²) in [6.07, 6.45) is 4.05. The van der Waals surface area contributed by atoms with Crippen LogP contribution >= 0.6 is 0 Å². The maximum atomic E-state index is 12.0. The fraction of sp³-hybridized carbons (Fsp3) is 1.00. The van der Waals surface area contributed by atoms with Crippen LogP contribution < -0.4 is 15.2 Å². The third-order valence-electron chi connectivity index (χ3n) is 3.84. The van der Waals surface area contributed by atoms with Gasteiger partial charge in [0.1, 0.15) is 0 Å². The Balaban J connectivity index is 2.72. The molecule has 1 aliphatic carbocycles. The maximum Gasteiger partial charge on any atom is 0.277 e. The van der Waals surface area contributed by atoms with E-state index in [4.69, 9.17) is 5.73 Å². The van der Waals surface area contributed by atoms with Gasteiger partial charge in [0, 0.05) is 18.6 Å². The molecule has 2 unspecified atom stereocenters. The molecule has 6 heteroatoms. The molecule has 2 atom stereocenters. The number of rotatable bonds is 6. The predicted molar refractivity (Wildman–Crippen MR) is 74.3 cm³/mol. The lowest BCUT2D eigenvalue weighted by Gasteiger charge is -2.42. The van der Waals surface area contributed by atoms with Crippen molar-refractivity contribution in [3.63, 3.8) is 0 Å². The molecule has 18 heavy (non-hydrogen) atoms. The van der Waals surface area contributed by atoms with Crippen LogP contribution in [0.25, 0.3) is 0 Å². The highest BCUT2D eigenvalue weighted by atomic mass is 32.2. The molecular weight excluding hydrogens is 250 g/mol. The second kappa shape index (κ2) is 6.32. The summed E-state index contributed by atoms with van der Waals surface area (Å²) in [6, 6.07) is 0. The molecule has 0 bridgehead atoms. The fourth-order valence-corrected chi connectivity index (χ4v) is 4.04. The van der Waals surface area contributed by atoms with E-state index in [1.54, 1.807) is 0 Å². The lowest BCUT2D eigenvalue weighted by Crippen LogP contribution is -2.61. The zero-order valence-corrected chi connectivity index (χ0v) is 12.5. The average molecular weight is 277 g/mol. The first-order chi connectivity index (χ1) is 8.31. The summed E-state index contributed by atoms with van der Waals surface area (Å²) in [5.74, 6) is 0.575. The quantitative estimate of drug-likeness (QED) is 0.676. The van der Waals surface area contributed by atoms with Gasteiger partial charge < -0.3 is 5.73 Å². The van der Waals surface area contributed by atoms with Crippen molar-refractivity contribution < 1.29 is 8.42 Å². The van der Waals surface area contributed by atoms with Crippen molar-refractivity contribution in [1.29, 1.82) is 0 Å². The van der Waals surface area contributed by atoms with Crippen LogP contribution in [-0.4, -0.2) is 27.0 Å². The van der Waals surface area contributed by atoms with Gasteiger partial charge in [-0.2, -0.15) is 13.1 Å². The van der Waals surface area contributed by atoms with Crippen LogP contribution in [0, 0.1) is 11.8 Å². The third-order valence-corrected chi connectivity index (χ3v) is 5.06. The summed E-state index contributed by atoms with van der Waals surface area (Å²) in [4.78, 5) is 0. The first-order valence-corrected chi connectivity index (χ1v) is 8.28. The molecular formula is C12H27N3O2S. The monoisotopic (exact) mass is 277 g/mol. The molecule has 108 valence electrons. The van der Waals surface area contributed by atoms with E-state index in [-0.39, 0.29) is 5.92 Å². The standard InChI is InChI=1S/C12H27N3O2S/c1-10(2)8-14-18(16,17)15-12(9-13)7-5-4-6-11(12)3/h10-11,14-15H,4-9,13H2,1-3H3. The van der Waals surface area contributed by atoms with E-state index >= 15 is 0 Å². The van der Waals surface area contributed by atoms with Crippen molar-refractivity contribution in [3.8, 4) is 0 Å². The van der Waals surface area contributed by atoms with Gasteiger partial charge >= 0.3 is 0 Å². The largest absolute Gasteiger partial charge is 0.329 e. The third kappa shape index (κ3) is 4.19. The van der Waals surface area contributed by atoms with Crippen molar-refractivity contribution in [2.24, 2.45) is 17.6 Å². The minimum Gasteiger partial charge on any atom is -0.329 e. The average Bonchev–Trinajstić information content (AvgIpc) is 2.30. The first kappa shape index (κ1) is 15.9. The Morgan fingerprint density at radius 3 is 2.56 bits per heavy atom. The summed E-state index contributed by atoms with van der Waals surface area (Å²) in [5, 5.41) is 0. The highest BCUT2D eigenvalue weighted by molar-refractivity contribution is 7.87. The Bertz CT molecular complexity index is 356. The van der Waals surface area contributed by atoms with Gasteiger partial charge in [0.05, 0.1) is 0 Å². The van der Waals surface area contributed by atoms with Gasteiger partial charge in [-0.25, -0.2) is 4.72 Å². The molecule has 0 heterocycles.